The Morgan fingerprint density at radius 1 is 1.24 bits per heavy atom. The molecule has 1 atom stereocenters. The highest BCUT2D eigenvalue weighted by atomic mass is 16.4. The first kappa shape index (κ1) is 15.2. The first-order valence-electron chi connectivity index (χ1n) is 5.16. The zero-order valence-corrected chi connectivity index (χ0v) is 9.52. The molecule has 0 radical (unpaired) electrons. The minimum absolute atomic E-state index is 0.0927. The molecule has 0 spiro atoms. The smallest absolute Gasteiger partial charge is 0.328 e. The van der Waals surface area contributed by atoms with Crippen LogP contribution in [-0.2, 0) is 9.59 Å². The van der Waals surface area contributed by atoms with Gasteiger partial charge in [0.15, 0.2) is 6.04 Å². The third-order valence-electron chi connectivity index (χ3n) is 1.80. The Balaban J connectivity index is 3.79. The van der Waals surface area contributed by atoms with Crippen LogP contribution in [-0.4, -0.2) is 53.9 Å². The molecular formula is C9H17N3O5. The van der Waals surface area contributed by atoms with Crippen molar-refractivity contribution in [1.29, 1.82) is 0 Å². The summed E-state index contributed by atoms with van der Waals surface area (Å²) in [7, 11) is 0. The van der Waals surface area contributed by atoms with Gasteiger partial charge in [0.1, 0.15) is 0 Å². The summed E-state index contributed by atoms with van der Waals surface area (Å²) < 4.78 is 0. The Morgan fingerprint density at radius 3 is 2.35 bits per heavy atom. The van der Waals surface area contributed by atoms with Gasteiger partial charge in [-0.2, -0.15) is 0 Å². The zero-order chi connectivity index (χ0) is 13.3. The number of nitrogens with one attached hydrogen (secondary N) is 3. The minimum Gasteiger partial charge on any atom is -0.480 e. The van der Waals surface area contributed by atoms with Crippen molar-refractivity contribution in [1.82, 2.24) is 16.0 Å². The normalized spacial score (nSPS) is 11.4. The lowest BCUT2D eigenvalue weighted by atomic mass is 10.3. The zero-order valence-electron chi connectivity index (χ0n) is 9.52. The van der Waals surface area contributed by atoms with E-state index in [0.717, 1.165) is 0 Å². The fourth-order valence-corrected chi connectivity index (χ4v) is 0.970. The molecule has 0 saturated heterocycles. The van der Waals surface area contributed by atoms with Crippen molar-refractivity contribution in [3.8, 4) is 0 Å². The number of hydrogen-bond acceptors (Lipinski definition) is 4. The van der Waals surface area contributed by atoms with Crippen molar-refractivity contribution < 1.29 is 24.6 Å². The molecule has 0 bridgehead atoms. The highest BCUT2D eigenvalue weighted by Gasteiger charge is 2.18. The van der Waals surface area contributed by atoms with Crippen molar-refractivity contribution in [2.45, 2.75) is 19.4 Å². The second-order valence-electron chi connectivity index (χ2n) is 3.18. The van der Waals surface area contributed by atoms with Gasteiger partial charge in [0.05, 0.1) is 6.61 Å². The number of carbonyl (C=O) groups is 3. The van der Waals surface area contributed by atoms with E-state index in [1.54, 1.807) is 6.92 Å². The molecule has 5 N–H and O–H groups in total. The van der Waals surface area contributed by atoms with E-state index in [1.165, 1.54) is 0 Å². The molecule has 0 heterocycles. The number of aliphatic carboxylic acids is 1. The van der Waals surface area contributed by atoms with Gasteiger partial charge < -0.3 is 26.2 Å². The highest BCUT2D eigenvalue weighted by molar-refractivity contribution is 5.83. The van der Waals surface area contributed by atoms with E-state index in [-0.39, 0.29) is 18.9 Å². The molecule has 0 saturated carbocycles. The fourth-order valence-electron chi connectivity index (χ4n) is 0.970. The van der Waals surface area contributed by atoms with E-state index in [0.29, 0.717) is 6.54 Å². The monoisotopic (exact) mass is 247 g/mol. The van der Waals surface area contributed by atoms with Crippen molar-refractivity contribution in [2.75, 3.05) is 19.7 Å². The quantitative estimate of drug-likeness (QED) is 0.365. The number of urea groups is 1. The predicted octanol–water partition coefficient (Wildman–Crippen LogP) is -1.74. The summed E-state index contributed by atoms with van der Waals surface area (Å²) >= 11 is 0. The second kappa shape index (κ2) is 8.34. The van der Waals surface area contributed by atoms with Crippen molar-refractivity contribution in [3.63, 3.8) is 0 Å². The number of aliphatic hydroxyl groups excluding tert-OH is 1. The van der Waals surface area contributed by atoms with Crippen LogP contribution in [0, 0.1) is 0 Å². The van der Waals surface area contributed by atoms with Gasteiger partial charge in [-0.3, -0.25) is 4.79 Å². The Morgan fingerprint density at radius 2 is 1.88 bits per heavy atom. The maximum absolute atomic E-state index is 11.1. The third kappa shape index (κ3) is 7.12. The number of carboxylic acids is 1. The second-order valence-corrected chi connectivity index (χ2v) is 3.18. The summed E-state index contributed by atoms with van der Waals surface area (Å²) in [5.41, 5.74) is 0. The van der Waals surface area contributed by atoms with Gasteiger partial charge in [0, 0.05) is 19.5 Å². The summed E-state index contributed by atoms with van der Waals surface area (Å²) in [6, 6.07) is -2.09. The van der Waals surface area contributed by atoms with Crippen molar-refractivity contribution >= 4 is 17.9 Å². The van der Waals surface area contributed by atoms with Crippen LogP contribution in [0.5, 0.6) is 0 Å². The van der Waals surface area contributed by atoms with Crippen LogP contribution in [0.15, 0.2) is 0 Å². The van der Waals surface area contributed by atoms with Crippen LogP contribution in [0.1, 0.15) is 13.3 Å². The molecule has 98 valence electrons. The lowest BCUT2D eigenvalue weighted by molar-refractivity contribution is -0.140. The molecule has 3 amide bonds. The standard InChI is InChI=1S/C9H17N3O5/c1-2-10-7(14)3-4-11-9(17)12-6(5-13)8(15)16/h6,13H,2-5H2,1H3,(H,10,14)(H,15,16)(H2,11,12,17). The van der Waals surface area contributed by atoms with Gasteiger partial charge >= 0.3 is 12.0 Å². The van der Waals surface area contributed by atoms with Crippen LogP contribution in [0.3, 0.4) is 0 Å². The summed E-state index contributed by atoms with van der Waals surface area (Å²) in [4.78, 5) is 32.6. The van der Waals surface area contributed by atoms with E-state index in [9.17, 15) is 14.4 Å². The number of aliphatic hydroxyl groups is 1. The molecule has 0 fully saturated rings. The number of rotatable bonds is 7. The van der Waals surface area contributed by atoms with E-state index < -0.39 is 24.6 Å². The number of hydrogen-bond donors (Lipinski definition) is 5. The Hall–Kier alpha value is -1.83. The summed E-state index contributed by atoms with van der Waals surface area (Å²) in [5.74, 6) is -1.53. The molecule has 0 aromatic rings. The van der Waals surface area contributed by atoms with Crippen LogP contribution in [0.25, 0.3) is 0 Å². The van der Waals surface area contributed by atoms with Gasteiger partial charge in [0.25, 0.3) is 0 Å². The molecule has 0 rings (SSSR count). The Kier molecular flexibility index (Phi) is 7.44. The predicted molar refractivity (Wildman–Crippen MR) is 58.3 cm³/mol. The Bertz CT molecular complexity index is 282. The molecule has 0 aliphatic rings. The largest absolute Gasteiger partial charge is 0.480 e. The maximum Gasteiger partial charge on any atom is 0.328 e. The molecule has 17 heavy (non-hydrogen) atoms. The lowest BCUT2D eigenvalue weighted by Gasteiger charge is -2.12. The van der Waals surface area contributed by atoms with Gasteiger partial charge in [-0.25, -0.2) is 9.59 Å². The summed E-state index contributed by atoms with van der Waals surface area (Å²) in [6.45, 7) is 1.68. The molecule has 0 aliphatic heterocycles. The molecule has 0 aliphatic carbocycles. The van der Waals surface area contributed by atoms with E-state index >= 15 is 0 Å². The van der Waals surface area contributed by atoms with Gasteiger partial charge in [0.2, 0.25) is 5.91 Å². The first-order chi connectivity index (χ1) is 8.01. The SMILES string of the molecule is CCNC(=O)CCNC(=O)NC(CO)C(=O)O. The van der Waals surface area contributed by atoms with Crippen LogP contribution in [0.2, 0.25) is 0 Å². The lowest BCUT2D eigenvalue weighted by Crippen LogP contribution is -2.48. The Labute approximate surface area is 98.4 Å². The minimum atomic E-state index is -1.35. The molecule has 0 aromatic carbocycles. The van der Waals surface area contributed by atoms with Crippen molar-refractivity contribution in [3.05, 3.63) is 0 Å². The van der Waals surface area contributed by atoms with Gasteiger partial charge in [-0.05, 0) is 6.92 Å². The molecule has 0 aromatic heterocycles. The van der Waals surface area contributed by atoms with E-state index in [1.807, 2.05) is 5.32 Å². The average Bonchev–Trinajstić information content (AvgIpc) is 2.25. The molecule has 1 unspecified atom stereocenters. The molecule has 8 heteroatoms. The van der Waals surface area contributed by atoms with Crippen LogP contribution < -0.4 is 16.0 Å². The number of carbonyl (C=O) groups excluding carboxylic acids is 2. The van der Waals surface area contributed by atoms with Crippen LogP contribution >= 0.6 is 0 Å². The first-order valence-corrected chi connectivity index (χ1v) is 5.16. The highest BCUT2D eigenvalue weighted by Crippen LogP contribution is 1.83. The van der Waals surface area contributed by atoms with E-state index in [2.05, 4.69) is 10.6 Å². The number of amides is 3. The van der Waals surface area contributed by atoms with Gasteiger partial charge in [-0.1, -0.05) is 0 Å². The maximum atomic E-state index is 11.1. The van der Waals surface area contributed by atoms with Crippen LogP contribution in [0.4, 0.5) is 4.79 Å². The number of carboxylic acid groups (broad SMARTS) is 1. The molecular weight excluding hydrogens is 230 g/mol. The summed E-state index contributed by atoms with van der Waals surface area (Å²) in [6.07, 6.45) is 0.109. The molecule has 8 nitrogen and oxygen atoms in total. The average molecular weight is 247 g/mol. The third-order valence-corrected chi connectivity index (χ3v) is 1.80. The fraction of sp³-hybridized carbons (Fsp3) is 0.667. The van der Waals surface area contributed by atoms with Gasteiger partial charge in [-0.15, -0.1) is 0 Å². The van der Waals surface area contributed by atoms with Crippen molar-refractivity contribution in [2.24, 2.45) is 0 Å². The summed E-state index contributed by atoms with van der Waals surface area (Å²) in [5, 5.41) is 24.1. The van der Waals surface area contributed by atoms with E-state index in [4.69, 9.17) is 10.2 Å². The topological polar surface area (TPSA) is 128 Å².